The Bertz CT molecular complexity index is 1170. The Labute approximate surface area is 199 Å². The third kappa shape index (κ3) is 4.31. The molecule has 1 aliphatic rings. The molecule has 0 atom stereocenters. The lowest BCUT2D eigenvalue weighted by Gasteiger charge is -2.42. The van der Waals surface area contributed by atoms with E-state index in [1.807, 2.05) is 6.07 Å². The fraction of sp³-hybridized carbons (Fsp3) is 0.385. The number of fused-ring (bicyclic) bond motifs is 1. The first-order valence-corrected chi connectivity index (χ1v) is 11.6. The topological polar surface area (TPSA) is 55.1 Å². The molecule has 4 rings (SSSR count). The normalized spacial score (nSPS) is 16.5. The second kappa shape index (κ2) is 8.24. The molecule has 0 saturated heterocycles. The summed E-state index contributed by atoms with van der Waals surface area (Å²) in [5.74, 6) is 0.537. The Kier molecular flexibility index (Phi) is 5.89. The maximum absolute atomic E-state index is 12.7. The summed E-state index contributed by atoms with van der Waals surface area (Å²) in [6.45, 7) is 11.5. The highest BCUT2D eigenvalue weighted by molar-refractivity contribution is 6.39. The minimum absolute atomic E-state index is 0.143. The average Bonchev–Trinajstić information content (AvgIpc) is 3.18. The predicted molar refractivity (Wildman–Crippen MR) is 130 cm³/mol. The first kappa shape index (κ1) is 22.9. The number of pyridine rings is 1. The summed E-state index contributed by atoms with van der Waals surface area (Å²) in [5.41, 5.74) is 5.97. The molecule has 1 aliphatic carbocycles. The fourth-order valence-corrected chi connectivity index (χ4v) is 4.91. The number of hydrogen-bond donors (Lipinski definition) is 1. The van der Waals surface area contributed by atoms with Crippen LogP contribution in [0.3, 0.4) is 0 Å². The second-order valence-electron chi connectivity index (χ2n) is 9.97. The second-order valence-corrected chi connectivity index (χ2v) is 10.8. The SMILES string of the molecule is Cc1cc2c(cc1Cc1ccc(C(=O)Nc3c(Cl)cncc3Cl)o1)C(C)(C)CCC2(C)C. The Morgan fingerprint density at radius 2 is 1.62 bits per heavy atom. The van der Waals surface area contributed by atoms with Crippen molar-refractivity contribution in [3.8, 4) is 0 Å². The van der Waals surface area contributed by atoms with Gasteiger partial charge in [-0.1, -0.05) is 63.0 Å². The fourth-order valence-electron chi connectivity index (χ4n) is 4.45. The molecule has 2 aromatic heterocycles. The zero-order valence-electron chi connectivity index (χ0n) is 19.1. The number of aromatic nitrogens is 1. The van der Waals surface area contributed by atoms with E-state index in [0.29, 0.717) is 12.1 Å². The first-order chi connectivity index (χ1) is 15.0. The van der Waals surface area contributed by atoms with E-state index >= 15 is 0 Å². The minimum atomic E-state index is -0.406. The molecule has 4 nitrogen and oxygen atoms in total. The summed E-state index contributed by atoms with van der Waals surface area (Å²) in [5, 5.41) is 3.25. The summed E-state index contributed by atoms with van der Waals surface area (Å²) in [7, 11) is 0. The molecule has 6 heteroatoms. The molecule has 1 N–H and O–H groups in total. The van der Waals surface area contributed by atoms with Gasteiger partial charge >= 0.3 is 0 Å². The molecular formula is C26H28Cl2N2O2. The Morgan fingerprint density at radius 3 is 2.25 bits per heavy atom. The number of rotatable bonds is 4. The van der Waals surface area contributed by atoms with Gasteiger partial charge in [-0.2, -0.15) is 0 Å². The van der Waals surface area contributed by atoms with E-state index in [4.69, 9.17) is 27.6 Å². The van der Waals surface area contributed by atoms with Gasteiger partial charge in [-0.3, -0.25) is 9.78 Å². The molecule has 2 heterocycles. The van der Waals surface area contributed by atoms with Crippen LogP contribution in [-0.4, -0.2) is 10.9 Å². The van der Waals surface area contributed by atoms with Gasteiger partial charge in [0.05, 0.1) is 15.7 Å². The monoisotopic (exact) mass is 470 g/mol. The highest BCUT2D eigenvalue weighted by atomic mass is 35.5. The molecule has 0 fully saturated rings. The highest BCUT2D eigenvalue weighted by Gasteiger charge is 2.37. The molecule has 0 saturated carbocycles. The van der Waals surface area contributed by atoms with Gasteiger partial charge in [0, 0.05) is 18.8 Å². The smallest absolute Gasteiger partial charge is 0.291 e. The molecule has 168 valence electrons. The van der Waals surface area contributed by atoms with E-state index in [1.165, 1.54) is 47.5 Å². The van der Waals surface area contributed by atoms with E-state index in [0.717, 1.165) is 5.76 Å². The van der Waals surface area contributed by atoms with E-state index in [1.54, 1.807) is 6.07 Å². The van der Waals surface area contributed by atoms with Crippen LogP contribution >= 0.6 is 23.2 Å². The van der Waals surface area contributed by atoms with Crippen molar-refractivity contribution in [1.82, 2.24) is 4.98 Å². The summed E-state index contributed by atoms with van der Waals surface area (Å²) in [6, 6.07) is 8.20. The van der Waals surface area contributed by atoms with Crippen molar-refractivity contribution in [3.63, 3.8) is 0 Å². The number of carbonyl (C=O) groups is 1. The summed E-state index contributed by atoms with van der Waals surface area (Å²) in [4.78, 5) is 16.6. The van der Waals surface area contributed by atoms with Crippen LogP contribution < -0.4 is 5.32 Å². The number of furan rings is 1. The van der Waals surface area contributed by atoms with Gasteiger partial charge in [0.25, 0.3) is 5.91 Å². The summed E-state index contributed by atoms with van der Waals surface area (Å²) < 4.78 is 5.88. The maximum Gasteiger partial charge on any atom is 0.291 e. The average molecular weight is 471 g/mol. The van der Waals surface area contributed by atoms with Crippen LogP contribution in [0.1, 0.15) is 79.1 Å². The van der Waals surface area contributed by atoms with Gasteiger partial charge in [0.15, 0.2) is 5.76 Å². The van der Waals surface area contributed by atoms with Gasteiger partial charge in [-0.15, -0.1) is 0 Å². The third-order valence-corrected chi connectivity index (χ3v) is 7.22. The van der Waals surface area contributed by atoms with Crippen molar-refractivity contribution in [3.05, 3.63) is 80.5 Å². The van der Waals surface area contributed by atoms with E-state index in [-0.39, 0.29) is 26.6 Å². The maximum atomic E-state index is 12.7. The van der Waals surface area contributed by atoms with Crippen molar-refractivity contribution in [2.75, 3.05) is 5.32 Å². The number of aryl methyl sites for hydroxylation is 1. The lowest BCUT2D eigenvalue weighted by Crippen LogP contribution is -2.34. The van der Waals surface area contributed by atoms with Crippen LogP contribution in [0.4, 0.5) is 5.69 Å². The van der Waals surface area contributed by atoms with Crippen molar-refractivity contribution < 1.29 is 9.21 Å². The summed E-state index contributed by atoms with van der Waals surface area (Å²) >= 11 is 12.2. The number of carbonyl (C=O) groups excluding carboxylic acids is 1. The number of nitrogens with zero attached hydrogens (tertiary/aromatic N) is 1. The van der Waals surface area contributed by atoms with Crippen LogP contribution in [0.5, 0.6) is 0 Å². The van der Waals surface area contributed by atoms with Crippen LogP contribution in [0, 0.1) is 6.92 Å². The summed E-state index contributed by atoms with van der Waals surface area (Å²) in [6.07, 6.45) is 5.84. The van der Waals surface area contributed by atoms with Crippen molar-refractivity contribution in [2.45, 2.75) is 64.7 Å². The van der Waals surface area contributed by atoms with Gasteiger partial charge in [0.2, 0.25) is 0 Å². The van der Waals surface area contributed by atoms with Crippen molar-refractivity contribution in [2.24, 2.45) is 0 Å². The molecular weight excluding hydrogens is 443 g/mol. The highest BCUT2D eigenvalue weighted by Crippen LogP contribution is 2.46. The number of amides is 1. The molecule has 0 spiro atoms. The largest absolute Gasteiger partial charge is 0.456 e. The van der Waals surface area contributed by atoms with Crippen molar-refractivity contribution >= 4 is 34.8 Å². The molecule has 3 aromatic rings. The quantitative estimate of drug-likeness (QED) is 0.429. The standard InChI is InChI=1S/C26H28Cl2N2O2/c1-15-10-18-19(26(4,5)9-8-25(18,2)3)12-16(15)11-17-6-7-22(32-17)24(31)30-23-20(27)13-29-14-21(23)28/h6-7,10,12-14H,8-9,11H2,1-5H3,(H,29,30,31). The Morgan fingerprint density at radius 1 is 1.03 bits per heavy atom. The van der Waals surface area contributed by atoms with Gasteiger partial charge in [0.1, 0.15) is 5.76 Å². The lowest BCUT2D eigenvalue weighted by molar-refractivity contribution is 0.0995. The van der Waals surface area contributed by atoms with Gasteiger partial charge < -0.3 is 9.73 Å². The van der Waals surface area contributed by atoms with E-state index in [2.05, 4.69) is 57.1 Å². The molecule has 1 aromatic carbocycles. The molecule has 1 amide bonds. The minimum Gasteiger partial charge on any atom is -0.456 e. The van der Waals surface area contributed by atoms with E-state index < -0.39 is 5.91 Å². The Balaban J connectivity index is 1.58. The van der Waals surface area contributed by atoms with Crippen LogP contribution in [-0.2, 0) is 17.3 Å². The number of halogens is 2. The Hall–Kier alpha value is -2.30. The number of benzene rings is 1. The molecule has 0 radical (unpaired) electrons. The molecule has 0 aliphatic heterocycles. The number of nitrogens with one attached hydrogen (secondary N) is 1. The van der Waals surface area contributed by atoms with Crippen molar-refractivity contribution in [1.29, 1.82) is 0 Å². The lowest BCUT2D eigenvalue weighted by atomic mass is 9.62. The van der Waals surface area contributed by atoms with Crippen LogP contribution in [0.25, 0.3) is 0 Å². The van der Waals surface area contributed by atoms with Gasteiger partial charge in [-0.25, -0.2) is 0 Å². The molecule has 0 bridgehead atoms. The molecule has 0 unspecified atom stereocenters. The predicted octanol–water partition coefficient (Wildman–Crippen LogP) is 7.48. The first-order valence-electron chi connectivity index (χ1n) is 10.8. The third-order valence-electron chi connectivity index (χ3n) is 6.65. The van der Waals surface area contributed by atoms with E-state index in [9.17, 15) is 4.79 Å². The van der Waals surface area contributed by atoms with Crippen LogP contribution in [0.2, 0.25) is 10.0 Å². The van der Waals surface area contributed by atoms with Gasteiger partial charge in [-0.05, 0) is 65.0 Å². The number of hydrogen-bond acceptors (Lipinski definition) is 3. The van der Waals surface area contributed by atoms with Crippen LogP contribution in [0.15, 0.2) is 41.1 Å². The zero-order chi connectivity index (χ0) is 23.3. The molecule has 32 heavy (non-hydrogen) atoms. The number of anilines is 1. The zero-order valence-corrected chi connectivity index (χ0v) is 20.6.